The first-order valence-electron chi connectivity index (χ1n) is 4.08. The Morgan fingerprint density at radius 3 is 2.87 bits per heavy atom. The van der Waals surface area contributed by atoms with Crippen molar-refractivity contribution in [3.63, 3.8) is 0 Å². The van der Waals surface area contributed by atoms with E-state index in [9.17, 15) is 8.42 Å². The minimum absolute atomic E-state index is 0.208. The van der Waals surface area contributed by atoms with Crippen molar-refractivity contribution in [3.8, 4) is 0 Å². The van der Waals surface area contributed by atoms with E-state index < -0.39 is 9.84 Å². The molecule has 1 rings (SSSR count). The second-order valence-corrected chi connectivity index (χ2v) is 5.15. The normalized spacial score (nSPS) is 17.1. The second kappa shape index (κ2) is 4.22. The Hall–Kier alpha value is -1.70. The van der Waals surface area contributed by atoms with Crippen molar-refractivity contribution in [3.05, 3.63) is 22.7 Å². The zero-order valence-corrected chi connectivity index (χ0v) is 9.22. The molecule has 7 nitrogen and oxygen atoms in total. The maximum absolute atomic E-state index is 11.1. The zero-order valence-electron chi connectivity index (χ0n) is 8.40. The van der Waals surface area contributed by atoms with E-state index in [2.05, 4.69) is 21.2 Å². The van der Waals surface area contributed by atoms with Gasteiger partial charge in [-0.3, -0.25) is 10.9 Å². The molecular formula is C7H13N5O2S. The van der Waals surface area contributed by atoms with E-state index in [0.717, 1.165) is 6.26 Å². The third-order valence-electron chi connectivity index (χ3n) is 1.73. The van der Waals surface area contributed by atoms with Gasteiger partial charge in [-0.05, 0) is 6.92 Å². The topological polar surface area (TPSA) is 109 Å². The number of hydrazine groups is 1. The maximum Gasteiger partial charge on any atom is 0.172 e. The van der Waals surface area contributed by atoms with Crippen molar-refractivity contribution in [2.24, 2.45) is 10.7 Å². The van der Waals surface area contributed by atoms with E-state index in [0.29, 0.717) is 5.82 Å². The van der Waals surface area contributed by atoms with Gasteiger partial charge >= 0.3 is 0 Å². The van der Waals surface area contributed by atoms with Gasteiger partial charge in [-0.2, -0.15) is 0 Å². The summed E-state index contributed by atoms with van der Waals surface area (Å²) in [4.78, 5) is 3.98. The van der Waals surface area contributed by atoms with Crippen molar-refractivity contribution >= 4 is 16.2 Å². The predicted molar refractivity (Wildman–Crippen MR) is 57.7 cm³/mol. The first-order chi connectivity index (χ1) is 6.91. The summed E-state index contributed by atoms with van der Waals surface area (Å²) in [6.45, 7) is 1.48. The molecule has 15 heavy (non-hydrogen) atoms. The quantitative estimate of drug-likeness (QED) is 0.481. The van der Waals surface area contributed by atoms with Crippen molar-refractivity contribution < 1.29 is 8.42 Å². The molecule has 0 aromatic heterocycles. The van der Waals surface area contributed by atoms with E-state index in [1.54, 1.807) is 0 Å². The molecule has 0 aromatic rings. The number of rotatable bonds is 3. The molecule has 1 aliphatic heterocycles. The van der Waals surface area contributed by atoms with Gasteiger partial charge in [-0.1, -0.05) is 0 Å². The molecule has 0 unspecified atom stereocenters. The van der Waals surface area contributed by atoms with Crippen LogP contribution in [0.3, 0.4) is 0 Å². The summed E-state index contributed by atoms with van der Waals surface area (Å²) < 4.78 is 22.1. The molecule has 0 spiro atoms. The molecule has 0 aromatic carbocycles. The molecule has 0 aliphatic carbocycles. The number of aliphatic imine (C=N–C) groups is 1. The Balaban J connectivity index is 2.76. The van der Waals surface area contributed by atoms with Gasteiger partial charge in [-0.15, -0.1) is 0 Å². The van der Waals surface area contributed by atoms with Gasteiger partial charge in [0.25, 0.3) is 0 Å². The standard InChI is InChI=1S/C7H13N5O2S/c1-5(15(2,13)14)3-9-7-6(8)10-4-11-12-7/h3-4,9,12H,8H2,1-2H3,(H,10,11)/b5-3+. The summed E-state index contributed by atoms with van der Waals surface area (Å²) in [6.07, 6.45) is 3.85. The molecule has 0 atom stereocenters. The lowest BCUT2D eigenvalue weighted by molar-refractivity contribution is 0.607. The third kappa shape index (κ3) is 3.17. The van der Waals surface area contributed by atoms with Crippen LogP contribution in [-0.2, 0) is 9.84 Å². The molecule has 8 heteroatoms. The van der Waals surface area contributed by atoms with Gasteiger partial charge in [0.15, 0.2) is 21.5 Å². The van der Waals surface area contributed by atoms with Crippen molar-refractivity contribution in [2.75, 3.05) is 6.26 Å². The van der Waals surface area contributed by atoms with Crippen molar-refractivity contribution in [1.29, 1.82) is 0 Å². The summed E-state index contributed by atoms with van der Waals surface area (Å²) in [5.74, 6) is 0.645. The van der Waals surface area contributed by atoms with E-state index in [1.165, 1.54) is 19.5 Å². The van der Waals surface area contributed by atoms with Gasteiger partial charge in [-0.25, -0.2) is 13.4 Å². The maximum atomic E-state index is 11.1. The summed E-state index contributed by atoms with van der Waals surface area (Å²) in [7, 11) is -3.17. The van der Waals surface area contributed by atoms with Crippen LogP contribution in [0.1, 0.15) is 6.92 Å². The highest BCUT2D eigenvalue weighted by Gasteiger charge is 2.07. The smallest absolute Gasteiger partial charge is 0.172 e. The van der Waals surface area contributed by atoms with Gasteiger partial charge < -0.3 is 11.1 Å². The van der Waals surface area contributed by atoms with Crippen LogP contribution < -0.4 is 21.9 Å². The second-order valence-electron chi connectivity index (χ2n) is 2.96. The number of allylic oxidation sites excluding steroid dienone is 1. The third-order valence-corrected chi connectivity index (χ3v) is 3.01. The lowest BCUT2D eigenvalue weighted by atomic mass is 10.6. The van der Waals surface area contributed by atoms with Crippen molar-refractivity contribution in [2.45, 2.75) is 6.92 Å². The average molecular weight is 231 g/mol. The highest BCUT2D eigenvalue weighted by atomic mass is 32.2. The molecule has 0 saturated carbocycles. The predicted octanol–water partition coefficient (Wildman–Crippen LogP) is -1.30. The fraction of sp³-hybridized carbons (Fsp3) is 0.286. The van der Waals surface area contributed by atoms with Gasteiger partial charge in [0, 0.05) is 12.5 Å². The Morgan fingerprint density at radius 2 is 2.33 bits per heavy atom. The summed E-state index contributed by atoms with van der Waals surface area (Å²) in [6, 6.07) is 0. The van der Waals surface area contributed by atoms with Gasteiger partial charge in [0.2, 0.25) is 0 Å². The lowest BCUT2D eigenvalue weighted by Crippen LogP contribution is -2.40. The Kier molecular flexibility index (Phi) is 3.20. The minimum Gasteiger partial charge on any atom is -0.381 e. The first kappa shape index (κ1) is 11.4. The highest BCUT2D eigenvalue weighted by Crippen LogP contribution is 2.02. The average Bonchev–Trinajstić information content (AvgIpc) is 2.14. The van der Waals surface area contributed by atoms with E-state index in [1.807, 2.05) is 0 Å². The van der Waals surface area contributed by atoms with Crippen LogP contribution in [0.4, 0.5) is 0 Å². The number of hydrogen-bond acceptors (Lipinski definition) is 7. The van der Waals surface area contributed by atoms with Crippen LogP contribution in [0.15, 0.2) is 27.7 Å². The van der Waals surface area contributed by atoms with Crippen LogP contribution in [0, 0.1) is 0 Å². The number of nitrogens with two attached hydrogens (primary N) is 1. The molecule has 0 radical (unpaired) electrons. The highest BCUT2D eigenvalue weighted by molar-refractivity contribution is 7.94. The number of nitrogens with one attached hydrogen (secondary N) is 3. The fourth-order valence-corrected chi connectivity index (χ4v) is 0.999. The lowest BCUT2D eigenvalue weighted by Gasteiger charge is -2.15. The first-order valence-corrected chi connectivity index (χ1v) is 5.97. The summed E-state index contributed by atoms with van der Waals surface area (Å²) in [5.41, 5.74) is 10.8. The van der Waals surface area contributed by atoms with Crippen molar-refractivity contribution in [1.82, 2.24) is 16.2 Å². The van der Waals surface area contributed by atoms with Crippen LogP contribution >= 0.6 is 0 Å². The van der Waals surface area contributed by atoms with Crippen LogP contribution in [0.2, 0.25) is 0 Å². The molecular weight excluding hydrogens is 218 g/mol. The largest absolute Gasteiger partial charge is 0.381 e. The molecule has 84 valence electrons. The summed E-state index contributed by atoms with van der Waals surface area (Å²) in [5, 5.41) is 2.70. The number of nitrogens with zero attached hydrogens (tertiary/aromatic N) is 1. The zero-order chi connectivity index (χ0) is 11.5. The van der Waals surface area contributed by atoms with Crippen LogP contribution in [0.5, 0.6) is 0 Å². The van der Waals surface area contributed by atoms with E-state index in [4.69, 9.17) is 5.73 Å². The fourth-order valence-electron chi connectivity index (χ4n) is 0.726. The monoisotopic (exact) mass is 231 g/mol. The Bertz CT molecular complexity index is 434. The molecule has 5 N–H and O–H groups in total. The molecule has 0 fully saturated rings. The molecule has 0 amide bonds. The molecule has 1 aliphatic rings. The minimum atomic E-state index is -3.17. The van der Waals surface area contributed by atoms with Gasteiger partial charge in [0.05, 0.1) is 4.91 Å². The molecule has 1 heterocycles. The van der Waals surface area contributed by atoms with E-state index in [-0.39, 0.29) is 10.7 Å². The van der Waals surface area contributed by atoms with E-state index >= 15 is 0 Å². The molecule has 0 saturated heterocycles. The van der Waals surface area contributed by atoms with Crippen LogP contribution in [-0.4, -0.2) is 21.0 Å². The molecule has 0 bridgehead atoms. The van der Waals surface area contributed by atoms with Crippen LogP contribution in [0.25, 0.3) is 0 Å². The van der Waals surface area contributed by atoms with Gasteiger partial charge in [0.1, 0.15) is 6.34 Å². The summed E-state index contributed by atoms with van der Waals surface area (Å²) >= 11 is 0. The Morgan fingerprint density at radius 1 is 1.67 bits per heavy atom. The number of hydrogen-bond donors (Lipinski definition) is 4. The SMILES string of the molecule is C/C(=C\NC1=C(N)N=CNN1)S(C)(=O)=O. The Labute approximate surface area is 88.0 Å². The number of sulfone groups is 1.